The Labute approximate surface area is 136 Å². The fraction of sp³-hybridized carbons (Fsp3) is 0.562. The van der Waals surface area contributed by atoms with Crippen LogP contribution in [-0.4, -0.2) is 56.0 Å². The van der Waals surface area contributed by atoms with Gasteiger partial charge in [-0.1, -0.05) is 0 Å². The van der Waals surface area contributed by atoms with Crippen LogP contribution < -0.4 is 5.32 Å². The van der Waals surface area contributed by atoms with Gasteiger partial charge >= 0.3 is 0 Å². The molecule has 0 saturated carbocycles. The molecule has 0 aliphatic carbocycles. The minimum atomic E-state index is -0.0346. The van der Waals surface area contributed by atoms with Crippen LogP contribution in [0.1, 0.15) is 28.8 Å². The van der Waals surface area contributed by atoms with Crippen molar-refractivity contribution in [2.75, 3.05) is 19.6 Å². The van der Waals surface area contributed by atoms with E-state index in [1.807, 2.05) is 24.9 Å². The number of piperidine rings is 1. The highest BCUT2D eigenvalue weighted by Gasteiger charge is 2.22. The Morgan fingerprint density at radius 1 is 1.30 bits per heavy atom. The summed E-state index contributed by atoms with van der Waals surface area (Å²) >= 11 is 0. The molecule has 1 fully saturated rings. The topological polar surface area (TPSA) is 68.0 Å². The average molecular weight is 316 g/mol. The Kier molecular flexibility index (Phi) is 4.76. The number of carbonyl (C=O) groups excluding carboxylic acids is 1. The van der Waals surface area contributed by atoms with Crippen molar-refractivity contribution in [3.63, 3.8) is 0 Å². The van der Waals surface area contributed by atoms with Crippen LogP contribution >= 0.6 is 0 Å². The molecule has 1 N–H and O–H groups in total. The van der Waals surface area contributed by atoms with Gasteiger partial charge in [-0.05, 0) is 31.9 Å². The van der Waals surface area contributed by atoms with Crippen molar-refractivity contribution >= 4 is 5.91 Å². The van der Waals surface area contributed by atoms with Crippen LogP contribution in [0.5, 0.6) is 0 Å². The smallest absolute Gasteiger partial charge is 0.254 e. The summed E-state index contributed by atoms with van der Waals surface area (Å²) in [6.07, 6.45) is 9.43. The van der Waals surface area contributed by atoms with Gasteiger partial charge in [0.25, 0.3) is 5.91 Å². The van der Waals surface area contributed by atoms with Gasteiger partial charge in [-0.25, -0.2) is 0 Å². The van der Waals surface area contributed by atoms with Crippen molar-refractivity contribution in [3.05, 3.63) is 35.9 Å². The van der Waals surface area contributed by atoms with Crippen LogP contribution in [-0.2, 0) is 13.6 Å². The molecule has 2 aromatic heterocycles. The Morgan fingerprint density at radius 2 is 2.17 bits per heavy atom. The van der Waals surface area contributed by atoms with E-state index in [1.165, 1.54) is 5.56 Å². The lowest BCUT2D eigenvalue weighted by Gasteiger charge is -2.33. The number of carbonyl (C=O) groups is 1. The lowest BCUT2D eigenvalue weighted by Crippen LogP contribution is -2.48. The molecule has 1 saturated heterocycles. The van der Waals surface area contributed by atoms with Gasteiger partial charge in [0.1, 0.15) is 0 Å². The highest BCUT2D eigenvalue weighted by molar-refractivity contribution is 5.93. The molecule has 1 unspecified atom stereocenters. The van der Waals surface area contributed by atoms with E-state index in [0.29, 0.717) is 5.56 Å². The largest absolute Gasteiger partial charge is 0.348 e. The molecule has 0 aromatic carbocycles. The standard InChI is InChI=1S/C16H24N6O/c1-13-8-18-22(10-13)7-6-21-5-3-4-15(12-21)19-16(23)14-9-17-20(2)11-14/h8-11,15H,3-7,12H2,1-2H3,(H,19,23). The summed E-state index contributed by atoms with van der Waals surface area (Å²) in [4.78, 5) is 14.6. The molecule has 2 aromatic rings. The number of likely N-dealkylation sites (tertiary alicyclic amines) is 1. The second-order valence-electron chi connectivity index (χ2n) is 6.30. The van der Waals surface area contributed by atoms with Crippen molar-refractivity contribution < 1.29 is 4.79 Å². The SMILES string of the molecule is Cc1cnn(CCN2CCCC(NC(=O)c3cnn(C)c3)C2)c1. The number of hydrogen-bond acceptors (Lipinski definition) is 4. The van der Waals surface area contributed by atoms with E-state index in [4.69, 9.17) is 0 Å². The lowest BCUT2D eigenvalue weighted by atomic mass is 10.1. The van der Waals surface area contributed by atoms with Gasteiger partial charge in [0, 0.05) is 38.6 Å². The quantitative estimate of drug-likeness (QED) is 0.887. The van der Waals surface area contributed by atoms with Crippen LogP contribution in [0.25, 0.3) is 0 Å². The molecule has 0 bridgehead atoms. The molecular formula is C16H24N6O. The predicted octanol–water partition coefficient (Wildman–Crippen LogP) is 0.819. The summed E-state index contributed by atoms with van der Waals surface area (Å²) < 4.78 is 3.63. The van der Waals surface area contributed by atoms with Crippen LogP contribution in [0.4, 0.5) is 0 Å². The molecule has 1 aliphatic heterocycles. The van der Waals surface area contributed by atoms with Gasteiger partial charge in [0.2, 0.25) is 0 Å². The van der Waals surface area contributed by atoms with E-state index in [-0.39, 0.29) is 11.9 Å². The molecule has 1 atom stereocenters. The van der Waals surface area contributed by atoms with Gasteiger partial charge in [0.05, 0.1) is 24.5 Å². The normalized spacial score (nSPS) is 19.0. The first-order valence-corrected chi connectivity index (χ1v) is 8.11. The molecule has 7 nitrogen and oxygen atoms in total. The van der Waals surface area contributed by atoms with Gasteiger partial charge in [-0.2, -0.15) is 10.2 Å². The van der Waals surface area contributed by atoms with Crippen molar-refractivity contribution in [2.45, 2.75) is 32.4 Å². The maximum atomic E-state index is 12.2. The summed E-state index contributed by atoms with van der Waals surface area (Å²) in [6, 6.07) is 0.204. The van der Waals surface area contributed by atoms with E-state index >= 15 is 0 Å². The number of aromatic nitrogens is 4. The van der Waals surface area contributed by atoms with Crippen molar-refractivity contribution in [1.29, 1.82) is 0 Å². The molecule has 1 amide bonds. The number of nitrogens with one attached hydrogen (secondary N) is 1. The number of nitrogens with zero attached hydrogens (tertiary/aromatic N) is 5. The van der Waals surface area contributed by atoms with Crippen LogP contribution in [0.2, 0.25) is 0 Å². The molecule has 7 heteroatoms. The van der Waals surface area contributed by atoms with E-state index < -0.39 is 0 Å². The highest BCUT2D eigenvalue weighted by atomic mass is 16.1. The first kappa shape index (κ1) is 15.7. The maximum absolute atomic E-state index is 12.2. The first-order valence-electron chi connectivity index (χ1n) is 8.11. The van der Waals surface area contributed by atoms with E-state index in [2.05, 4.69) is 26.6 Å². The second-order valence-corrected chi connectivity index (χ2v) is 6.30. The lowest BCUT2D eigenvalue weighted by molar-refractivity contribution is 0.0901. The fourth-order valence-electron chi connectivity index (χ4n) is 3.02. The molecule has 124 valence electrons. The van der Waals surface area contributed by atoms with Gasteiger partial charge in [0.15, 0.2) is 0 Å². The third kappa shape index (κ3) is 4.19. The van der Waals surface area contributed by atoms with Crippen molar-refractivity contribution in [2.24, 2.45) is 7.05 Å². The number of aryl methyl sites for hydroxylation is 2. The van der Waals surface area contributed by atoms with E-state index in [1.54, 1.807) is 17.1 Å². The third-order valence-corrected chi connectivity index (χ3v) is 4.22. The number of rotatable bonds is 5. The van der Waals surface area contributed by atoms with E-state index in [9.17, 15) is 4.79 Å². The van der Waals surface area contributed by atoms with Crippen LogP contribution in [0.15, 0.2) is 24.8 Å². The maximum Gasteiger partial charge on any atom is 0.254 e. The third-order valence-electron chi connectivity index (χ3n) is 4.22. The van der Waals surface area contributed by atoms with Crippen LogP contribution in [0, 0.1) is 6.92 Å². The molecule has 0 spiro atoms. The minimum Gasteiger partial charge on any atom is -0.348 e. The molecule has 3 heterocycles. The Morgan fingerprint density at radius 3 is 2.87 bits per heavy atom. The van der Waals surface area contributed by atoms with Gasteiger partial charge in [-0.15, -0.1) is 0 Å². The highest BCUT2D eigenvalue weighted by Crippen LogP contribution is 2.11. The predicted molar refractivity (Wildman–Crippen MR) is 87.1 cm³/mol. The Balaban J connectivity index is 1.48. The minimum absolute atomic E-state index is 0.0346. The van der Waals surface area contributed by atoms with Gasteiger partial charge in [-0.3, -0.25) is 19.1 Å². The first-order chi connectivity index (χ1) is 11.1. The molecular weight excluding hydrogens is 292 g/mol. The van der Waals surface area contributed by atoms with Gasteiger partial charge < -0.3 is 5.32 Å². The molecule has 23 heavy (non-hydrogen) atoms. The Hall–Kier alpha value is -2.15. The summed E-state index contributed by atoms with van der Waals surface area (Å²) in [6.45, 7) is 5.87. The zero-order valence-corrected chi connectivity index (χ0v) is 13.8. The molecule has 1 aliphatic rings. The zero-order valence-electron chi connectivity index (χ0n) is 13.8. The molecule has 3 rings (SSSR count). The van der Waals surface area contributed by atoms with Crippen molar-refractivity contribution in [1.82, 2.24) is 29.8 Å². The van der Waals surface area contributed by atoms with Crippen LogP contribution in [0.3, 0.4) is 0 Å². The summed E-state index contributed by atoms with van der Waals surface area (Å²) in [5, 5.41) is 11.5. The summed E-state index contributed by atoms with van der Waals surface area (Å²) in [7, 11) is 1.82. The average Bonchev–Trinajstić information content (AvgIpc) is 3.14. The summed E-state index contributed by atoms with van der Waals surface area (Å²) in [5.41, 5.74) is 1.81. The second kappa shape index (κ2) is 6.95. The Bertz CT molecular complexity index is 661. The molecule has 0 radical (unpaired) electrons. The number of hydrogen-bond donors (Lipinski definition) is 1. The monoisotopic (exact) mass is 316 g/mol. The van der Waals surface area contributed by atoms with E-state index in [0.717, 1.165) is 39.0 Å². The number of amides is 1. The summed E-state index contributed by atoms with van der Waals surface area (Å²) in [5.74, 6) is -0.0346. The fourth-order valence-corrected chi connectivity index (χ4v) is 3.02. The zero-order chi connectivity index (χ0) is 16.2. The van der Waals surface area contributed by atoms with Crippen molar-refractivity contribution in [3.8, 4) is 0 Å².